The van der Waals surface area contributed by atoms with Crippen LogP contribution in [0, 0.1) is 0 Å². The normalized spacial score (nSPS) is 15.3. The molecule has 0 unspecified atom stereocenters. The van der Waals surface area contributed by atoms with E-state index in [0.717, 1.165) is 17.3 Å². The molecule has 1 N–H and O–H groups in total. The van der Waals surface area contributed by atoms with Crippen molar-refractivity contribution < 1.29 is 14.3 Å². The van der Waals surface area contributed by atoms with Crippen molar-refractivity contribution in [3.63, 3.8) is 0 Å². The van der Waals surface area contributed by atoms with E-state index < -0.39 is 0 Å². The molecule has 2 rings (SSSR count). The first-order chi connectivity index (χ1) is 9.70. The highest BCUT2D eigenvalue weighted by molar-refractivity contribution is 9.10. The van der Waals surface area contributed by atoms with Crippen LogP contribution in [0.25, 0.3) is 0 Å². The Morgan fingerprint density at radius 1 is 1.40 bits per heavy atom. The van der Waals surface area contributed by atoms with Crippen LogP contribution in [0.1, 0.15) is 36.0 Å². The molecule has 0 spiro atoms. The fourth-order valence-corrected chi connectivity index (χ4v) is 2.77. The van der Waals surface area contributed by atoms with Crippen LogP contribution in [0.3, 0.4) is 0 Å². The summed E-state index contributed by atoms with van der Waals surface area (Å²) >= 11 is 3.38. The molecule has 1 fully saturated rings. The van der Waals surface area contributed by atoms with Gasteiger partial charge >= 0.3 is 0 Å². The summed E-state index contributed by atoms with van der Waals surface area (Å²) in [6.45, 7) is 1.09. The molecule has 110 valence electrons. The summed E-state index contributed by atoms with van der Waals surface area (Å²) < 4.78 is 11.6. The molecule has 1 aliphatic rings. The third-order valence-electron chi connectivity index (χ3n) is 3.46. The molecule has 1 aromatic carbocycles. The maximum Gasteiger partial charge on any atom is 0.252 e. The molecule has 20 heavy (non-hydrogen) atoms. The average Bonchev–Trinajstić information content (AvgIpc) is 2.97. The molecule has 0 bridgehead atoms. The lowest BCUT2D eigenvalue weighted by Crippen LogP contribution is -2.28. The van der Waals surface area contributed by atoms with Crippen molar-refractivity contribution in [3.05, 3.63) is 28.2 Å². The summed E-state index contributed by atoms with van der Waals surface area (Å²) in [7, 11) is 1.58. The van der Waals surface area contributed by atoms with Gasteiger partial charge in [-0.25, -0.2) is 0 Å². The molecule has 0 aliphatic heterocycles. The van der Waals surface area contributed by atoms with Crippen molar-refractivity contribution in [1.29, 1.82) is 0 Å². The van der Waals surface area contributed by atoms with Gasteiger partial charge in [0.1, 0.15) is 5.75 Å². The van der Waals surface area contributed by atoms with Crippen LogP contribution >= 0.6 is 15.9 Å². The molecule has 0 aromatic heterocycles. The Hall–Kier alpha value is -1.07. The van der Waals surface area contributed by atoms with Gasteiger partial charge in [-0.2, -0.15) is 0 Å². The smallest absolute Gasteiger partial charge is 0.252 e. The second kappa shape index (κ2) is 7.64. The molecule has 5 heteroatoms. The standard InChI is InChI=1S/C15H20BrNO3/c1-19-12-6-7-14(16)13(10-12)15(18)17-8-9-20-11-4-2-3-5-11/h6-7,10-11H,2-5,8-9H2,1H3,(H,17,18). The summed E-state index contributed by atoms with van der Waals surface area (Å²) in [5, 5.41) is 2.87. The maximum absolute atomic E-state index is 12.1. The van der Waals surface area contributed by atoms with Crippen molar-refractivity contribution >= 4 is 21.8 Å². The van der Waals surface area contributed by atoms with Crippen molar-refractivity contribution in [1.82, 2.24) is 5.32 Å². The number of nitrogens with one attached hydrogen (secondary N) is 1. The van der Waals surface area contributed by atoms with Gasteiger partial charge < -0.3 is 14.8 Å². The van der Waals surface area contributed by atoms with Crippen LogP contribution in [0.2, 0.25) is 0 Å². The van der Waals surface area contributed by atoms with Gasteiger partial charge in [-0.15, -0.1) is 0 Å². The van der Waals surface area contributed by atoms with Gasteiger partial charge in [0.05, 0.1) is 25.4 Å². The van der Waals surface area contributed by atoms with E-state index in [1.165, 1.54) is 12.8 Å². The van der Waals surface area contributed by atoms with Crippen molar-refractivity contribution in [2.24, 2.45) is 0 Å². The third-order valence-corrected chi connectivity index (χ3v) is 4.15. The van der Waals surface area contributed by atoms with Crippen LogP contribution < -0.4 is 10.1 Å². The van der Waals surface area contributed by atoms with Crippen molar-refractivity contribution in [3.8, 4) is 5.75 Å². The highest BCUT2D eigenvalue weighted by Crippen LogP contribution is 2.22. The zero-order valence-corrected chi connectivity index (χ0v) is 13.2. The first kappa shape index (κ1) is 15.3. The Labute approximate surface area is 128 Å². The molecule has 4 nitrogen and oxygen atoms in total. The molecule has 0 radical (unpaired) electrons. The maximum atomic E-state index is 12.1. The van der Waals surface area contributed by atoms with Crippen LogP contribution in [0.4, 0.5) is 0 Å². The van der Waals surface area contributed by atoms with Crippen LogP contribution in [0.15, 0.2) is 22.7 Å². The molecule has 0 atom stereocenters. The highest BCUT2D eigenvalue weighted by Gasteiger charge is 2.15. The number of hydrogen-bond acceptors (Lipinski definition) is 3. The van der Waals surface area contributed by atoms with Crippen LogP contribution in [-0.4, -0.2) is 32.3 Å². The number of benzene rings is 1. The molecular formula is C15H20BrNO3. The fourth-order valence-electron chi connectivity index (χ4n) is 2.35. The summed E-state index contributed by atoms with van der Waals surface area (Å²) in [4.78, 5) is 12.1. The van der Waals surface area contributed by atoms with E-state index in [4.69, 9.17) is 9.47 Å². The van der Waals surface area contributed by atoms with Gasteiger partial charge in [0.25, 0.3) is 5.91 Å². The lowest BCUT2D eigenvalue weighted by molar-refractivity contribution is 0.0581. The van der Waals surface area contributed by atoms with E-state index in [1.54, 1.807) is 13.2 Å². The highest BCUT2D eigenvalue weighted by atomic mass is 79.9. The Morgan fingerprint density at radius 2 is 2.15 bits per heavy atom. The van der Waals surface area contributed by atoms with Crippen molar-refractivity contribution in [2.75, 3.05) is 20.3 Å². The Morgan fingerprint density at radius 3 is 2.85 bits per heavy atom. The minimum atomic E-state index is -0.120. The molecule has 1 aromatic rings. The van der Waals surface area contributed by atoms with Crippen LogP contribution in [0.5, 0.6) is 5.75 Å². The zero-order chi connectivity index (χ0) is 14.4. The van der Waals surface area contributed by atoms with Crippen molar-refractivity contribution in [2.45, 2.75) is 31.8 Å². The second-order valence-corrected chi connectivity index (χ2v) is 5.73. The molecule has 0 heterocycles. The molecule has 1 amide bonds. The Bertz CT molecular complexity index is 458. The Kier molecular flexibility index (Phi) is 5.86. The lowest BCUT2D eigenvalue weighted by atomic mass is 10.2. The first-order valence-corrected chi connectivity index (χ1v) is 7.73. The number of ether oxygens (including phenoxy) is 2. The summed E-state index contributed by atoms with van der Waals surface area (Å²) in [6.07, 6.45) is 5.20. The average molecular weight is 342 g/mol. The number of methoxy groups -OCH3 is 1. The summed E-state index contributed by atoms with van der Waals surface area (Å²) in [5.41, 5.74) is 0.574. The van der Waals surface area contributed by atoms with Gasteiger partial charge in [-0.3, -0.25) is 4.79 Å². The minimum Gasteiger partial charge on any atom is -0.497 e. The molecule has 1 aliphatic carbocycles. The number of halogens is 1. The molecule has 1 saturated carbocycles. The lowest BCUT2D eigenvalue weighted by Gasteiger charge is -2.12. The Balaban J connectivity index is 1.79. The van der Waals surface area contributed by atoms with E-state index in [1.807, 2.05) is 12.1 Å². The predicted octanol–water partition coefficient (Wildman–Crippen LogP) is 3.15. The number of amides is 1. The van der Waals surface area contributed by atoms with Gasteiger partial charge in [0.15, 0.2) is 0 Å². The number of rotatable bonds is 6. The fraction of sp³-hybridized carbons (Fsp3) is 0.533. The monoisotopic (exact) mass is 341 g/mol. The summed E-state index contributed by atoms with van der Waals surface area (Å²) in [5.74, 6) is 0.548. The first-order valence-electron chi connectivity index (χ1n) is 6.94. The second-order valence-electron chi connectivity index (χ2n) is 4.88. The third kappa shape index (κ3) is 4.21. The van der Waals surface area contributed by atoms with Crippen LogP contribution in [-0.2, 0) is 4.74 Å². The van der Waals surface area contributed by atoms with E-state index >= 15 is 0 Å². The quantitative estimate of drug-likeness (QED) is 0.808. The SMILES string of the molecule is COc1ccc(Br)c(C(=O)NCCOC2CCCC2)c1. The predicted molar refractivity (Wildman–Crippen MR) is 81.2 cm³/mol. The topological polar surface area (TPSA) is 47.6 Å². The van der Waals surface area contributed by atoms with Gasteiger partial charge in [0, 0.05) is 11.0 Å². The van der Waals surface area contributed by atoms with E-state index in [9.17, 15) is 4.79 Å². The number of carbonyl (C=O) groups excluding carboxylic acids is 1. The molecular weight excluding hydrogens is 322 g/mol. The van der Waals surface area contributed by atoms with Gasteiger partial charge in [0.2, 0.25) is 0 Å². The van der Waals surface area contributed by atoms with E-state index in [0.29, 0.717) is 30.6 Å². The van der Waals surface area contributed by atoms with E-state index in [-0.39, 0.29) is 5.91 Å². The number of hydrogen-bond donors (Lipinski definition) is 1. The summed E-state index contributed by atoms with van der Waals surface area (Å²) in [6, 6.07) is 5.34. The zero-order valence-electron chi connectivity index (χ0n) is 11.7. The minimum absolute atomic E-state index is 0.120. The number of carbonyl (C=O) groups is 1. The van der Waals surface area contributed by atoms with Gasteiger partial charge in [-0.05, 0) is 47.0 Å². The van der Waals surface area contributed by atoms with E-state index in [2.05, 4.69) is 21.2 Å². The van der Waals surface area contributed by atoms with Gasteiger partial charge in [-0.1, -0.05) is 12.8 Å². The molecule has 0 saturated heterocycles. The largest absolute Gasteiger partial charge is 0.497 e.